The van der Waals surface area contributed by atoms with Crippen LogP contribution in [0.25, 0.3) is 6.08 Å². The van der Waals surface area contributed by atoms with E-state index in [1.807, 2.05) is 13.8 Å². The first-order chi connectivity index (χ1) is 13.0. The van der Waals surface area contributed by atoms with Crippen molar-refractivity contribution in [2.45, 2.75) is 26.3 Å². The van der Waals surface area contributed by atoms with Crippen LogP contribution in [0.5, 0.6) is 0 Å². The molecule has 142 valence electrons. The van der Waals surface area contributed by atoms with Crippen LogP contribution in [0.15, 0.2) is 53.2 Å². The van der Waals surface area contributed by atoms with Crippen molar-refractivity contribution in [2.24, 2.45) is 0 Å². The topological polar surface area (TPSA) is 100 Å². The van der Waals surface area contributed by atoms with Crippen molar-refractivity contribution >= 4 is 29.5 Å². The number of carbonyl (C=O) groups excluding carboxylic acids is 3. The Morgan fingerprint density at radius 3 is 2.59 bits per heavy atom. The number of hydrogen-bond acceptors (Lipinski definition) is 4. The van der Waals surface area contributed by atoms with Gasteiger partial charge in [0.05, 0.1) is 17.5 Å². The standard InChI is InChI=1S/C20H23N3O4/c1-14(2)22-20(26)16-7-3-4-8-17(16)23-19(25)11-12-21-18(24)10-9-15-6-5-13-27-15/h3-10,13-14H,11-12H2,1-2H3,(H,21,24)(H,22,26)(H,23,25)/b10-9+. The van der Waals surface area contributed by atoms with Crippen molar-refractivity contribution in [1.29, 1.82) is 0 Å². The summed E-state index contributed by atoms with van der Waals surface area (Å²) >= 11 is 0. The fraction of sp³-hybridized carbons (Fsp3) is 0.250. The van der Waals surface area contributed by atoms with Crippen LogP contribution in [0.4, 0.5) is 5.69 Å². The van der Waals surface area contributed by atoms with Crippen molar-refractivity contribution in [2.75, 3.05) is 11.9 Å². The van der Waals surface area contributed by atoms with Crippen molar-refractivity contribution in [3.05, 3.63) is 60.1 Å². The van der Waals surface area contributed by atoms with Gasteiger partial charge in [0.15, 0.2) is 0 Å². The van der Waals surface area contributed by atoms with E-state index >= 15 is 0 Å². The van der Waals surface area contributed by atoms with Crippen LogP contribution in [0.1, 0.15) is 36.4 Å². The number of benzene rings is 1. The SMILES string of the molecule is CC(C)NC(=O)c1ccccc1NC(=O)CCNC(=O)/C=C/c1ccco1. The Bertz CT molecular complexity index is 810. The van der Waals surface area contributed by atoms with E-state index in [9.17, 15) is 14.4 Å². The van der Waals surface area contributed by atoms with Crippen molar-refractivity contribution in [3.8, 4) is 0 Å². The number of hydrogen-bond donors (Lipinski definition) is 3. The summed E-state index contributed by atoms with van der Waals surface area (Å²) in [5.74, 6) is -0.303. The highest BCUT2D eigenvalue weighted by atomic mass is 16.3. The van der Waals surface area contributed by atoms with E-state index in [1.54, 1.807) is 42.5 Å². The maximum atomic E-state index is 12.2. The predicted molar refractivity (Wildman–Crippen MR) is 103 cm³/mol. The summed E-state index contributed by atoms with van der Waals surface area (Å²) in [6, 6.07) is 10.2. The molecule has 3 N–H and O–H groups in total. The molecule has 7 heteroatoms. The van der Waals surface area contributed by atoms with Gasteiger partial charge in [0.2, 0.25) is 11.8 Å². The summed E-state index contributed by atoms with van der Waals surface area (Å²) in [5, 5.41) is 8.12. The van der Waals surface area contributed by atoms with E-state index in [-0.39, 0.29) is 36.7 Å². The van der Waals surface area contributed by atoms with Gasteiger partial charge in [-0.05, 0) is 44.2 Å². The molecule has 1 aromatic carbocycles. The lowest BCUT2D eigenvalue weighted by atomic mass is 10.1. The highest BCUT2D eigenvalue weighted by Gasteiger charge is 2.13. The quantitative estimate of drug-likeness (QED) is 0.623. The largest absolute Gasteiger partial charge is 0.465 e. The predicted octanol–water partition coefficient (Wildman–Crippen LogP) is 2.58. The Labute approximate surface area is 157 Å². The zero-order chi connectivity index (χ0) is 19.6. The second-order valence-electron chi connectivity index (χ2n) is 6.11. The zero-order valence-electron chi connectivity index (χ0n) is 15.3. The number of nitrogens with one attached hydrogen (secondary N) is 3. The van der Waals surface area contributed by atoms with Crippen LogP contribution in [0.3, 0.4) is 0 Å². The van der Waals surface area contributed by atoms with Crippen LogP contribution >= 0.6 is 0 Å². The molecule has 2 aromatic rings. The third kappa shape index (κ3) is 6.81. The van der Waals surface area contributed by atoms with Crippen LogP contribution < -0.4 is 16.0 Å². The average Bonchev–Trinajstić information content (AvgIpc) is 3.13. The lowest BCUT2D eigenvalue weighted by Crippen LogP contribution is -2.31. The molecule has 0 saturated carbocycles. The lowest BCUT2D eigenvalue weighted by Gasteiger charge is -2.13. The molecule has 27 heavy (non-hydrogen) atoms. The summed E-state index contributed by atoms with van der Waals surface area (Å²) in [6.45, 7) is 3.90. The molecule has 0 aliphatic rings. The van der Waals surface area contributed by atoms with E-state index in [0.717, 1.165) is 0 Å². The summed E-state index contributed by atoms with van der Waals surface area (Å²) in [4.78, 5) is 36.0. The van der Waals surface area contributed by atoms with E-state index in [4.69, 9.17) is 4.42 Å². The normalized spacial score (nSPS) is 10.8. The minimum absolute atomic E-state index is 0.00861. The van der Waals surface area contributed by atoms with E-state index in [2.05, 4.69) is 16.0 Å². The van der Waals surface area contributed by atoms with E-state index < -0.39 is 0 Å². The van der Waals surface area contributed by atoms with Gasteiger partial charge in [0.1, 0.15) is 5.76 Å². The second-order valence-corrected chi connectivity index (χ2v) is 6.11. The monoisotopic (exact) mass is 369 g/mol. The maximum Gasteiger partial charge on any atom is 0.253 e. The van der Waals surface area contributed by atoms with Gasteiger partial charge >= 0.3 is 0 Å². The highest BCUT2D eigenvalue weighted by molar-refractivity contribution is 6.04. The smallest absolute Gasteiger partial charge is 0.253 e. The van der Waals surface area contributed by atoms with Crippen LogP contribution in [-0.2, 0) is 9.59 Å². The molecule has 0 aliphatic heterocycles. The van der Waals surface area contributed by atoms with Gasteiger partial charge in [-0.15, -0.1) is 0 Å². The van der Waals surface area contributed by atoms with Crippen LogP contribution in [0.2, 0.25) is 0 Å². The third-order valence-corrected chi connectivity index (χ3v) is 3.46. The van der Waals surface area contributed by atoms with Gasteiger partial charge in [-0.1, -0.05) is 12.1 Å². The molecular weight excluding hydrogens is 346 g/mol. The average molecular weight is 369 g/mol. The molecule has 1 heterocycles. The van der Waals surface area contributed by atoms with Crippen molar-refractivity contribution in [3.63, 3.8) is 0 Å². The van der Waals surface area contributed by atoms with Gasteiger partial charge in [-0.2, -0.15) is 0 Å². The molecule has 0 aliphatic carbocycles. The molecule has 0 fully saturated rings. The van der Waals surface area contributed by atoms with Gasteiger partial charge < -0.3 is 20.4 Å². The first-order valence-electron chi connectivity index (χ1n) is 8.65. The third-order valence-electron chi connectivity index (χ3n) is 3.46. The minimum atomic E-state index is -0.323. The first kappa shape index (κ1) is 20.0. The number of anilines is 1. The number of rotatable bonds is 8. The van der Waals surface area contributed by atoms with E-state index in [0.29, 0.717) is 17.0 Å². The molecule has 7 nitrogen and oxygen atoms in total. The van der Waals surface area contributed by atoms with Gasteiger partial charge in [0.25, 0.3) is 5.91 Å². The maximum absolute atomic E-state index is 12.2. The van der Waals surface area contributed by atoms with Crippen molar-refractivity contribution < 1.29 is 18.8 Å². The Morgan fingerprint density at radius 2 is 1.89 bits per heavy atom. The molecule has 1 aromatic heterocycles. The van der Waals surface area contributed by atoms with Crippen LogP contribution in [-0.4, -0.2) is 30.3 Å². The molecule has 0 atom stereocenters. The second kappa shape index (κ2) is 9.96. The Kier molecular flexibility index (Phi) is 7.37. The zero-order valence-corrected chi connectivity index (χ0v) is 15.3. The molecule has 2 rings (SSSR count). The Hall–Kier alpha value is -3.35. The molecule has 0 unspecified atom stereocenters. The van der Waals surface area contributed by atoms with Crippen LogP contribution in [0, 0.1) is 0 Å². The Morgan fingerprint density at radius 1 is 1.11 bits per heavy atom. The molecule has 0 radical (unpaired) electrons. The first-order valence-corrected chi connectivity index (χ1v) is 8.65. The minimum Gasteiger partial charge on any atom is -0.465 e. The fourth-order valence-corrected chi connectivity index (χ4v) is 2.24. The summed E-state index contributed by atoms with van der Waals surface area (Å²) < 4.78 is 5.08. The van der Waals surface area contributed by atoms with Gasteiger partial charge in [-0.3, -0.25) is 14.4 Å². The highest BCUT2D eigenvalue weighted by Crippen LogP contribution is 2.15. The van der Waals surface area contributed by atoms with Crippen molar-refractivity contribution in [1.82, 2.24) is 10.6 Å². The number of amides is 3. The Balaban J connectivity index is 1.82. The molecule has 0 spiro atoms. The molecular formula is C20H23N3O4. The van der Waals surface area contributed by atoms with E-state index in [1.165, 1.54) is 12.3 Å². The summed E-state index contributed by atoms with van der Waals surface area (Å²) in [7, 11) is 0. The fourth-order valence-electron chi connectivity index (χ4n) is 2.24. The summed E-state index contributed by atoms with van der Waals surface area (Å²) in [5.41, 5.74) is 0.828. The molecule has 0 saturated heterocycles. The molecule has 3 amide bonds. The lowest BCUT2D eigenvalue weighted by molar-refractivity contribution is -0.117. The van der Waals surface area contributed by atoms with Gasteiger partial charge in [0, 0.05) is 25.1 Å². The molecule has 0 bridgehead atoms. The number of para-hydroxylation sites is 1. The number of carbonyl (C=O) groups is 3. The van der Waals surface area contributed by atoms with Gasteiger partial charge in [-0.25, -0.2) is 0 Å². The summed E-state index contributed by atoms with van der Waals surface area (Å²) in [6.07, 6.45) is 4.48. The number of furan rings is 1.